The van der Waals surface area contributed by atoms with Gasteiger partial charge in [-0.05, 0) is 68.7 Å². The first kappa shape index (κ1) is 23.4. The average molecular weight is 446 g/mol. The highest BCUT2D eigenvalue weighted by Gasteiger charge is 2.48. The molecule has 1 aromatic carbocycles. The fourth-order valence-electron chi connectivity index (χ4n) is 4.42. The van der Waals surface area contributed by atoms with Crippen LogP contribution in [0.1, 0.15) is 68.1 Å². The molecule has 0 radical (unpaired) electrons. The molecule has 0 heterocycles. The summed E-state index contributed by atoms with van der Waals surface area (Å²) in [5.74, 6) is -0.155. The number of hydrogen-bond donors (Lipinski definition) is 4. The van der Waals surface area contributed by atoms with Crippen molar-refractivity contribution in [3.8, 4) is 6.07 Å². The number of rotatable bonds is 9. The molecular formula is C22H31N5O3S. The van der Waals surface area contributed by atoms with Crippen molar-refractivity contribution in [2.45, 2.75) is 74.8 Å². The van der Waals surface area contributed by atoms with Crippen molar-refractivity contribution < 1.29 is 13.2 Å². The highest BCUT2D eigenvalue weighted by atomic mass is 32.2. The van der Waals surface area contributed by atoms with E-state index >= 15 is 0 Å². The lowest BCUT2D eigenvalue weighted by Gasteiger charge is -2.32. The van der Waals surface area contributed by atoms with E-state index in [0.29, 0.717) is 24.1 Å². The van der Waals surface area contributed by atoms with Gasteiger partial charge in [0, 0.05) is 17.3 Å². The zero-order chi connectivity index (χ0) is 22.6. The van der Waals surface area contributed by atoms with Crippen LogP contribution in [0.3, 0.4) is 0 Å². The minimum Gasteiger partial charge on any atom is -0.344 e. The number of benzene rings is 1. The van der Waals surface area contributed by atoms with Gasteiger partial charge in [-0.2, -0.15) is 5.26 Å². The maximum Gasteiger partial charge on any atom is 0.251 e. The van der Waals surface area contributed by atoms with Crippen molar-refractivity contribution in [1.29, 1.82) is 10.7 Å². The summed E-state index contributed by atoms with van der Waals surface area (Å²) in [6.45, 7) is 0. The van der Waals surface area contributed by atoms with Crippen LogP contribution in [-0.4, -0.2) is 32.1 Å². The Morgan fingerprint density at radius 2 is 1.84 bits per heavy atom. The van der Waals surface area contributed by atoms with Crippen LogP contribution in [0.4, 0.5) is 0 Å². The van der Waals surface area contributed by atoms with Crippen LogP contribution in [-0.2, 0) is 10.0 Å². The first-order chi connectivity index (χ1) is 14.7. The van der Waals surface area contributed by atoms with E-state index in [1.165, 1.54) is 24.3 Å². The van der Waals surface area contributed by atoms with Crippen molar-refractivity contribution in [3.63, 3.8) is 0 Å². The molecule has 2 aliphatic rings. The first-order valence-electron chi connectivity index (χ1n) is 10.8. The molecule has 3 rings (SSSR count). The molecule has 2 unspecified atom stereocenters. The van der Waals surface area contributed by atoms with Crippen LogP contribution in [0.5, 0.6) is 0 Å². The maximum absolute atomic E-state index is 12.9. The number of nitrogens with two attached hydrogens (primary N) is 2. The Morgan fingerprint density at radius 1 is 1.23 bits per heavy atom. The van der Waals surface area contributed by atoms with Gasteiger partial charge in [0.25, 0.3) is 5.91 Å². The predicted molar refractivity (Wildman–Crippen MR) is 118 cm³/mol. The molecule has 0 saturated heterocycles. The molecule has 8 nitrogen and oxygen atoms in total. The summed E-state index contributed by atoms with van der Waals surface area (Å²) in [5, 5.41) is 26.1. The van der Waals surface area contributed by atoms with Crippen LogP contribution in [0.15, 0.2) is 29.2 Å². The monoisotopic (exact) mass is 445 g/mol. The number of carbonyl (C=O) groups excluding carboxylic acids is 1. The van der Waals surface area contributed by atoms with Gasteiger partial charge < -0.3 is 16.5 Å². The number of carbonyl (C=O) groups is 1. The number of primary sulfonamides is 1. The number of nitrogens with zero attached hydrogens (tertiary/aromatic N) is 1. The minimum absolute atomic E-state index is 0.0545. The van der Waals surface area contributed by atoms with Gasteiger partial charge in [0.05, 0.1) is 22.4 Å². The van der Waals surface area contributed by atoms with Gasteiger partial charge in [-0.15, -0.1) is 0 Å². The third-order valence-corrected chi connectivity index (χ3v) is 7.60. The SMILES string of the molecule is N#CC1(C(N)CCC(=N)C(NC(=O)c2ccc(S(N)(=O)=O)cc2)C2CCCCC2)CC1. The van der Waals surface area contributed by atoms with Crippen molar-refractivity contribution in [3.05, 3.63) is 29.8 Å². The van der Waals surface area contributed by atoms with E-state index in [-0.39, 0.29) is 22.8 Å². The third kappa shape index (κ3) is 5.70. The van der Waals surface area contributed by atoms with E-state index in [9.17, 15) is 18.5 Å². The molecule has 2 saturated carbocycles. The topological polar surface area (TPSA) is 163 Å². The molecule has 2 aliphatic carbocycles. The standard InChI is InChI=1S/C22H31N5O3S/c23-14-22(12-13-22)19(25)11-10-18(24)20(15-4-2-1-3-5-15)27-21(28)16-6-8-17(9-7-16)31(26,29)30/h6-9,15,19-20,24H,1-5,10-13,25H2,(H,27,28)(H2,26,29,30). The summed E-state index contributed by atoms with van der Waals surface area (Å²) >= 11 is 0. The van der Waals surface area contributed by atoms with Gasteiger partial charge in [-0.3, -0.25) is 4.79 Å². The zero-order valence-electron chi connectivity index (χ0n) is 17.6. The smallest absolute Gasteiger partial charge is 0.251 e. The molecule has 168 valence electrons. The lowest BCUT2D eigenvalue weighted by molar-refractivity contribution is 0.0930. The Balaban J connectivity index is 1.69. The summed E-state index contributed by atoms with van der Waals surface area (Å²) in [4.78, 5) is 12.8. The van der Waals surface area contributed by atoms with E-state index in [1.807, 2.05) is 0 Å². The number of nitrogens with one attached hydrogen (secondary N) is 2. The Morgan fingerprint density at radius 3 is 2.35 bits per heavy atom. The second kappa shape index (κ2) is 9.47. The normalized spacial score (nSPS) is 20.3. The molecule has 1 aromatic rings. The molecule has 2 atom stereocenters. The Hall–Kier alpha value is -2.28. The fourth-order valence-corrected chi connectivity index (χ4v) is 4.94. The highest BCUT2D eigenvalue weighted by molar-refractivity contribution is 7.89. The lowest BCUT2D eigenvalue weighted by Crippen LogP contribution is -2.47. The van der Waals surface area contributed by atoms with E-state index in [0.717, 1.165) is 44.9 Å². The summed E-state index contributed by atoms with van der Waals surface area (Å²) in [7, 11) is -3.82. The van der Waals surface area contributed by atoms with Gasteiger partial charge in [-0.25, -0.2) is 13.6 Å². The van der Waals surface area contributed by atoms with E-state index in [2.05, 4.69) is 11.4 Å². The summed E-state index contributed by atoms with van der Waals surface area (Å²) in [6, 6.07) is 7.14. The van der Waals surface area contributed by atoms with E-state index in [1.54, 1.807) is 0 Å². The Kier molecular flexibility index (Phi) is 7.14. The van der Waals surface area contributed by atoms with Gasteiger partial charge in [0.1, 0.15) is 0 Å². The van der Waals surface area contributed by atoms with Gasteiger partial charge in [-0.1, -0.05) is 19.3 Å². The Bertz CT molecular complexity index is 958. The summed E-state index contributed by atoms with van der Waals surface area (Å²) < 4.78 is 22.9. The number of hydrogen-bond acceptors (Lipinski definition) is 6. The summed E-state index contributed by atoms with van der Waals surface area (Å²) in [5.41, 5.74) is 6.55. The largest absolute Gasteiger partial charge is 0.344 e. The number of nitriles is 1. The van der Waals surface area contributed by atoms with Crippen molar-refractivity contribution in [1.82, 2.24) is 5.32 Å². The number of sulfonamides is 1. The van der Waals surface area contributed by atoms with Gasteiger partial charge in [0.2, 0.25) is 10.0 Å². The maximum atomic E-state index is 12.9. The minimum atomic E-state index is -3.82. The molecular weight excluding hydrogens is 414 g/mol. The zero-order valence-corrected chi connectivity index (χ0v) is 18.5. The quantitative estimate of drug-likeness (QED) is 0.428. The van der Waals surface area contributed by atoms with Gasteiger partial charge >= 0.3 is 0 Å². The molecule has 2 fully saturated rings. The third-order valence-electron chi connectivity index (χ3n) is 6.67. The van der Waals surface area contributed by atoms with Crippen LogP contribution in [0, 0.1) is 28.1 Å². The lowest BCUT2D eigenvalue weighted by atomic mass is 9.80. The van der Waals surface area contributed by atoms with Crippen molar-refractivity contribution >= 4 is 21.6 Å². The molecule has 31 heavy (non-hydrogen) atoms. The molecule has 0 spiro atoms. The fraction of sp³-hybridized carbons (Fsp3) is 0.591. The van der Waals surface area contributed by atoms with Crippen LogP contribution in [0.25, 0.3) is 0 Å². The second-order valence-corrected chi connectivity index (χ2v) is 10.4. The molecule has 0 aliphatic heterocycles. The van der Waals surface area contributed by atoms with Crippen LogP contribution < -0.4 is 16.2 Å². The molecule has 0 aromatic heterocycles. The summed E-state index contributed by atoms with van der Waals surface area (Å²) in [6.07, 6.45) is 7.83. The molecule has 1 amide bonds. The van der Waals surface area contributed by atoms with Crippen LogP contribution in [0.2, 0.25) is 0 Å². The highest BCUT2D eigenvalue weighted by Crippen LogP contribution is 2.48. The van der Waals surface area contributed by atoms with E-state index in [4.69, 9.17) is 16.3 Å². The molecule has 0 bridgehead atoms. The predicted octanol–water partition coefficient (Wildman–Crippen LogP) is 2.44. The van der Waals surface area contributed by atoms with Crippen molar-refractivity contribution in [2.75, 3.05) is 0 Å². The molecule has 6 N–H and O–H groups in total. The number of amides is 1. The Labute approximate surface area is 183 Å². The van der Waals surface area contributed by atoms with Crippen molar-refractivity contribution in [2.24, 2.45) is 22.2 Å². The second-order valence-electron chi connectivity index (χ2n) is 8.86. The molecule has 9 heteroatoms. The average Bonchev–Trinajstić information content (AvgIpc) is 3.57. The first-order valence-corrected chi connectivity index (χ1v) is 12.4. The van der Waals surface area contributed by atoms with Crippen LogP contribution >= 0.6 is 0 Å². The van der Waals surface area contributed by atoms with E-state index < -0.39 is 21.5 Å². The van der Waals surface area contributed by atoms with Gasteiger partial charge in [0.15, 0.2) is 0 Å².